The number of aromatic nitrogens is 2. The van der Waals surface area contributed by atoms with Crippen molar-refractivity contribution >= 4 is 27.6 Å². The van der Waals surface area contributed by atoms with E-state index in [-0.39, 0.29) is 18.5 Å². The van der Waals surface area contributed by atoms with Crippen LogP contribution >= 0.6 is 15.9 Å². The second kappa shape index (κ2) is 7.38. The fraction of sp³-hybridized carbons (Fsp3) is 0.375. The van der Waals surface area contributed by atoms with Crippen LogP contribution in [0, 0.1) is 5.92 Å². The Bertz CT molecular complexity index is 707. The summed E-state index contributed by atoms with van der Waals surface area (Å²) in [6.07, 6.45) is -3.81. The maximum Gasteiger partial charge on any atom is 0.423 e. The molecule has 0 aliphatic rings. The van der Waals surface area contributed by atoms with Crippen LogP contribution in [0.3, 0.4) is 0 Å². The van der Waals surface area contributed by atoms with Crippen molar-refractivity contribution < 1.29 is 17.9 Å². The molecule has 1 heterocycles. The molecular weight excluding hydrogens is 387 g/mol. The summed E-state index contributed by atoms with van der Waals surface area (Å²) in [4.78, 5) is 9.40. The summed E-state index contributed by atoms with van der Waals surface area (Å²) in [6.45, 7) is 3.84. The molecule has 2 rings (SSSR count). The Labute approximate surface area is 146 Å². The minimum Gasteiger partial charge on any atom is -0.477 e. The molecule has 0 amide bonds. The molecular formula is C16H17BrF3N3O. The first kappa shape index (κ1) is 18.5. The normalized spacial score (nSPS) is 11.7. The van der Waals surface area contributed by atoms with Crippen LogP contribution in [0.1, 0.15) is 19.4 Å². The van der Waals surface area contributed by atoms with Crippen molar-refractivity contribution in [1.29, 1.82) is 0 Å². The van der Waals surface area contributed by atoms with Gasteiger partial charge in [-0.1, -0.05) is 35.8 Å². The van der Waals surface area contributed by atoms with Gasteiger partial charge in [-0.15, -0.1) is 0 Å². The van der Waals surface area contributed by atoms with Gasteiger partial charge in [0.05, 0.1) is 6.61 Å². The number of anilines is 2. The molecule has 0 saturated heterocycles. The third-order valence-corrected chi connectivity index (χ3v) is 3.59. The van der Waals surface area contributed by atoms with Crippen LogP contribution in [0.25, 0.3) is 0 Å². The van der Waals surface area contributed by atoms with Gasteiger partial charge < -0.3 is 9.64 Å². The zero-order chi connectivity index (χ0) is 17.9. The summed E-state index contributed by atoms with van der Waals surface area (Å²) in [7, 11) is 1.68. The topological polar surface area (TPSA) is 38.2 Å². The first-order valence-electron chi connectivity index (χ1n) is 7.25. The molecule has 0 radical (unpaired) electrons. The zero-order valence-electron chi connectivity index (χ0n) is 13.4. The number of hydrogen-bond acceptors (Lipinski definition) is 4. The molecule has 0 spiro atoms. The molecule has 0 N–H and O–H groups in total. The summed E-state index contributed by atoms with van der Waals surface area (Å²) in [5, 5.41) is 0. The maximum absolute atomic E-state index is 13.1. The summed E-state index contributed by atoms with van der Waals surface area (Å²) < 4.78 is 45.4. The van der Waals surface area contributed by atoms with Crippen LogP contribution in [0.15, 0.2) is 34.9 Å². The number of alkyl halides is 3. The number of halogens is 4. The SMILES string of the molecule is CC(C)COc1nc(N(C)c2cccc(Br)c2)ncc1C(F)(F)F. The lowest BCUT2D eigenvalue weighted by atomic mass is 10.2. The van der Waals surface area contributed by atoms with Crippen molar-refractivity contribution in [1.82, 2.24) is 9.97 Å². The smallest absolute Gasteiger partial charge is 0.423 e. The highest BCUT2D eigenvalue weighted by molar-refractivity contribution is 9.10. The van der Waals surface area contributed by atoms with Crippen molar-refractivity contribution in [2.45, 2.75) is 20.0 Å². The van der Waals surface area contributed by atoms with Gasteiger partial charge in [-0.2, -0.15) is 18.2 Å². The molecule has 0 saturated carbocycles. The molecule has 0 fully saturated rings. The Hall–Kier alpha value is -1.83. The van der Waals surface area contributed by atoms with E-state index in [4.69, 9.17) is 4.74 Å². The van der Waals surface area contributed by atoms with E-state index in [1.54, 1.807) is 18.0 Å². The molecule has 2 aromatic rings. The van der Waals surface area contributed by atoms with Crippen LogP contribution in [-0.4, -0.2) is 23.6 Å². The highest BCUT2D eigenvalue weighted by Crippen LogP contribution is 2.36. The average molecular weight is 404 g/mol. The van der Waals surface area contributed by atoms with E-state index in [0.717, 1.165) is 16.4 Å². The largest absolute Gasteiger partial charge is 0.477 e. The number of nitrogens with zero attached hydrogens (tertiary/aromatic N) is 3. The zero-order valence-corrected chi connectivity index (χ0v) is 15.0. The van der Waals surface area contributed by atoms with Crippen molar-refractivity contribution in [2.75, 3.05) is 18.6 Å². The third-order valence-electron chi connectivity index (χ3n) is 3.10. The summed E-state index contributed by atoms with van der Waals surface area (Å²) in [6, 6.07) is 7.29. The van der Waals surface area contributed by atoms with E-state index < -0.39 is 17.6 Å². The van der Waals surface area contributed by atoms with Crippen molar-refractivity contribution in [3.05, 3.63) is 40.5 Å². The third kappa shape index (κ3) is 4.59. The molecule has 0 unspecified atom stereocenters. The van der Waals surface area contributed by atoms with Gasteiger partial charge in [-0.3, -0.25) is 0 Å². The number of hydrogen-bond donors (Lipinski definition) is 0. The predicted octanol–water partition coefficient (Wildman–Crippen LogP) is 5.06. The number of rotatable bonds is 5. The van der Waals surface area contributed by atoms with Crippen LogP contribution < -0.4 is 9.64 Å². The highest BCUT2D eigenvalue weighted by Gasteiger charge is 2.36. The standard InChI is InChI=1S/C16H17BrF3N3O/c1-10(2)9-24-14-13(16(18,19)20)8-21-15(22-14)23(3)12-6-4-5-11(17)7-12/h4-8,10H,9H2,1-3H3. The Morgan fingerprint density at radius 1 is 1.29 bits per heavy atom. The van der Waals surface area contributed by atoms with E-state index >= 15 is 0 Å². The highest BCUT2D eigenvalue weighted by atomic mass is 79.9. The summed E-state index contributed by atoms with van der Waals surface area (Å²) >= 11 is 3.36. The number of ether oxygens (including phenoxy) is 1. The summed E-state index contributed by atoms with van der Waals surface area (Å²) in [5.41, 5.74) is -0.242. The van der Waals surface area contributed by atoms with Crippen LogP contribution in [0.5, 0.6) is 5.88 Å². The average Bonchev–Trinajstić information content (AvgIpc) is 2.51. The van der Waals surface area contributed by atoms with Crippen molar-refractivity contribution in [2.24, 2.45) is 5.92 Å². The molecule has 1 aromatic heterocycles. The maximum atomic E-state index is 13.1. The monoisotopic (exact) mass is 403 g/mol. The van der Waals surface area contributed by atoms with Gasteiger partial charge in [-0.25, -0.2) is 4.98 Å². The Kier molecular flexibility index (Phi) is 5.69. The molecule has 0 aliphatic heterocycles. The second-order valence-electron chi connectivity index (χ2n) is 5.63. The van der Waals surface area contributed by atoms with Crippen LogP contribution in [0.2, 0.25) is 0 Å². The Morgan fingerprint density at radius 3 is 2.58 bits per heavy atom. The lowest BCUT2D eigenvalue weighted by Crippen LogP contribution is -2.18. The lowest BCUT2D eigenvalue weighted by Gasteiger charge is -2.20. The fourth-order valence-corrected chi connectivity index (χ4v) is 2.26. The first-order chi connectivity index (χ1) is 11.2. The molecule has 0 aliphatic carbocycles. The van der Waals surface area contributed by atoms with Gasteiger partial charge in [0, 0.05) is 23.4 Å². The van der Waals surface area contributed by atoms with Crippen LogP contribution in [0.4, 0.5) is 24.8 Å². The summed E-state index contributed by atoms with van der Waals surface area (Å²) in [5.74, 6) is -0.254. The number of benzene rings is 1. The molecule has 4 nitrogen and oxygen atoms in total. The van der Waals surface area contributed by atoms with Gasteiger partial charge in [0.25, 0.3) is 0 Å². The van der Waals surface area contributed by atoms with Gasteiger partial charge in [0.2, 0.25) is 11.8 Å². The van der Waals surface area contributed by atoms with Gasteiger partial charge >= 0.3 is 6.18 Å². The van der Waals surface area contributed by atoms with E-state index in [2.05, 4.69) is 25.9 Å². The lowest BCUT2D eigenvalue weighted by molar-refractivity contribution is -0.139. The quantitative estimate of drug-likeness (QED) is 0.698. The fourth-order valence-electron chi connectivity index (χ4n) is 1.87. The first-order valence-corrected chi connectivity index (χ1v) is 8.04. The molecule has 0 bridgehead atoms. The van der Waals surface area contributed by atoms with Crippen LogP contribution in [-0.2, 0) is 6.18 Å². The molecule has 0 atom stereocenters. The molecule has 130 valence electrons. The van der Waals surface area contributed by atoms with Crippen molar-refractivity contribution in [3.63, 3.8) is 0 Å². The van der Waals surface area contributed by atoms with E-state index in [9.17, 15) is 13.2 Å². The molecule has 24 heavy (non-hydrogen) atoms. The second-order valence-corrected chi connectivity index (χ2v) is 6.55. The molecule has 1 aromatic carbocycles. The molecule has 8 heteroatoms. The predicted molar refractivity (Wildman–Crippen MR) is 89.6 cm³/mol. The minimum atomic E-state index is -4.57. The minimum absolute atomic E-state index is 0.0762. The Morgan fingerprint density at radius 2 is 2.00 bits per heavy atom. The Balaban J connectivity index is 2.39. The van der Waals surface area contributed by atoms with E-state index in [1.807, 2.05) is 32.0 Å². The van der Waals surface area contributed by atoms with E-state index in [1.165, 1.54) is 0 Å². The van der Waals surface area contributed by atoms with Gasteiger partial charge in [0.15, 0.2) is 0 Å². The van der Waals surface area contributed by atoms with Gasteiger partial charge in [-0.05, 0) is 24.1 Å². The van der Waals surface area contributed by atoms with E-state index in [0.29, 0.717) is 0 Å². The van der Waals surface area contributed by atoms with Crippen molar-refractivity contribution in [3.8, 4) is 5.88 Å². The van der Waals surface area contributed by atoms with Gasteiger partial charge in [0.1, 0.15) is 5.56 Å².